The van der Waals surface area contributed by atoms with Crippen molar-refractivity contribution in [2.45, 2.75) is 53.0 Å². The van der Waals surface area contributed by atoms with E-state index in [9.17, 15) is 0 Å². The predicted octanol–water partition coefficient (Wildman–Crippen LogP) is 3.15. The number of hydrogen-bond donors (Lipinski definition) is 0. The van der Waals surface area contributed by atoms with Gasteiger partial charge in [-0.1, -0.05) is 13.8 Å². The molecule has 1 nitrogen and oxygen atoms in total. The van der Waals surface area contributed by atoms with Crippen molar-refractivity contribution in [1.29, 1.82) is 0 Å². The molecule has 2 aliphatic rings. The first-order chi connectivity index (χ1) is 6.28. The highest BCUT2D eigenvalue weighted by Gasteiger charge is 2.46. The van der Waals surface area contributed by atoms with E-state index in [0.29, 0.717) is 11.0 Å². The SMILES string of the molecule is CC1(C)CC2CN(C(C)(C)C)CC2C1. The largest absolute Gasteiger partial charge is 0.298 e. The van der Waals surface area contributed by atoms with Gasteiger partial charge in [0.1, 0.15) is 0 Å². The first kappa shape index (κ1) is 10.5. The van der Waals surface area contributed by atoms with Gasteiger partial charge in [-0.05, 0) is 50.9 Å². The second-order valence-electron chi connectivity index (χ2n) is 7.17. The van der Waals surface area contributed by atoms with Crippen LogP contribution in [0.5, 0.6) is 0 Å². The van der Waals surface area contributed by atoms with Crippen LogP contribution in [-0.2, 0) is 0 Å². The van der Waals surface area contributed by atoms with Gasteiger partial charge >= 0.3 is 0 Å². The first-order valence-corrected chi connectivity index (χ1v) is 6.03. The van der Waals surface area contributed by atoms with E-state index in [2.05, 4.69) is 39.5 Å². The molecule has 2 fully saturated rings. The molecular formula is C13H25N. The van der Waals surface area contributed by atoms with Crippen LogP contribution in [0.1, 0.15) is 47.5 Å². The maximum atomic E-state index is 2.68. The number of likely N-dealkylation sites (tertiary alicyclic amines) is 1. The summed E-state index contributed by atoms with van der Waals surface area (Å²) in [5, 5.41) is 0. The minimum Gasteiger partial charge on any atom is -0.298 e. The second-order valence-corrected chi connectivity index (χ2v) is 7.17. The van der Waals surface area contributed by atoms with Crippen molar-refractivity contribution in [2.24, 2.45) is 17.3 Å². The molecule has 0 bridgehead atoms. The fourth-order valence-corrected chi connectivity index (χ4v) is 3.45. The molecule has 1 heteroatoms. The van der Waals surface area contributed by atoms with Crippen molar-refractivity contribution >= 4 is 0 Å². The zero-order valence-electron chi connectivity index (χ0n) is 10.4. The zero-order valence-corrected chi connectivity index (χ0v) is 10.4. The normalized spacial score (nSPS) is 37.5. The first-order valence-electron chi connectivity index (χ1n) is 6.03. The van der Waals surface area contributed by atoms with Gasteiger partial charge in [-0.3, -0.25) is 4.90 Å². The molecule has 1 saturated carbocycles. The van der Waals surface area contributed by atoms with Gasteiger partial charge in [-0.2, -0.15) is 0 Å². The maximum absolute atomic E-state index is 2.68. The van der Waals surface area contributed by atoms with Crippen LogP contribution >= 0.6 is 0 Å². The summed E-state index contributed by atoms with van der Waals surface area (Å²) in [5.41, 5.74) is 1.01. The minimum absolute atomic E-state index is 0.383. The van der Waals surface area contributed by atoms with Crippen LogP contribution < -0.4 is 0 Å². The van der Waals surface area contributed by atoms with Crippen LogP contribution in [0.3, 0.4) is 0 Å². The summed E-state index contributed by atoms with van der Waals surface area (Å²) >= 11 is 0. The summed E-state index contributed by atoms with van der Waals surface area (Å²) in [6.07, 6.45) is 2.90. The summed E-state index contributed by atoms with van der Waals surface area (Å²) < 4.78 is 0. The zero-order chi connectivity index (χ0) is 10.6. The Morgan fingerprint density at radius 3 is 1.79 bits per heavy atom. The molecule has 0 radical (unpaired) electrons. The van der Waals surface area contributed by atoms with E-state index < -0.39 is 0 Å². The van der Waals surface area contributed by atoms with Crippen molar-refractivity contribution in [2.75, 3.05) is 13.1 Å². The number of nitrogens with zero attached hydrogens (tertiary/aromatic N) is 1. The molecule has 0 spiro atoms. The van der Waals surface area contributed by atoms with Crippen LogP contribution in [0.25, 0.3) is 0 Å². The number of rotatable bonds is 0. The molecule has 1 aliphatic heterocycles. The summed E-state index contributed by atoms with van der Waals surface area (Å²) in [7, 11) is 0. The molecule has 0 aromatic heterocycles. The highest BCUT2D eigenvalue weighted by molar-refractivity contribution is 4.98. The van der Waals surface area contributed by atoms with E-state index in [4.69, 9.17) is 0 Å². The van der Waals surface area contributed by atoms with Crippen LogP contribution in [0.4, 0.5) is 0 Å². The van der Waals surface area contributed by atoms with E-state index >= 15 is 0 Å². The molecule has 2 atom stereocenters. The number of hydrogen-bond acceptors (Lipinski definition) is 1. The van der Waals surface area contributed by atoms with Crippen molar-refractivity contribution in [3.8, 4) is 0 Å². The van der Waals surface area contributed by atoms with Crippen LogP contribution in [-0.4, -0.2) is 23.5 Å². The molecule has 0 aromatic rings. The average Bonchev–Trinajstić information content (AvgIpc) is 2.37. The Balaban J connectivity index is 2.00. The summed E-state index contributed by atoms with van der Waals surface area (Å²) in [5.74, 6) is 1.98. The molecule has 0 amide bonds. The van der Waals surface area contributed by atoms with Crippen molar-refractivity contribution in [3.63, 3.8) is 0 Å². The van der Waals surface area contributed by atoms with E-state index in [1.807, 2.05) is 0 Å². The molecular weight excluding hydrogens is 170 g/mol. The van der Waals surface area contributed by atoms with E-state index in [1.165, 1.54) is 25.9 Å². The third-order valence-electron chi connectivity index (χ3n) is 4.15. The third-order valence-corrected chi connectivity index (χ3v) is 4.15. The van der Waals surface area contributed by atoms with Gasteiger partial charge in [0, 0.05) is 18.6 Å². The molecule has 1 heterocycles. The predicted molar refractivity (Wildman–Crippen MR) is 61.3 cm³/mol. The topological polar surface area (TPSA) is 3.24 Å². The minimum atomic E-state index is 0.383. The Bertz CT molecular complexity index is 208. The number of fused-ring (bicyclic) bond motifs is 1. The standard InChI is InChI=1S/C13H25N/c1-12(2,3)14-8-10-6-13(4,5)7-11(10)9-14/h10-11H,6-9H2,1-5H3. The highest BCUT2D eigenvalue weighted by atomic mass is 15.2. The Labute approximate surface area is 88.9 Å². The van der Waals surface area contributed by atoms with Crippen LogP contribution in [0.2, 0.25) is 0 Å². The molecule has 82 valence electrons. The average molecular weight is 195 g/mol. The van der Waals surface area contributed by atoms with Gasteiger partial charge in [-0.25, -0.2) is 0 Å². The Hall–Kier alpha value is -0.0400. The Morgan fingerprint density at radius 2 is 1.43 bits per heavy atom. The lowest BCUT2D eigenvalue weighted by atomic mass is 9.89. The fraction of sp³-hybridized carbons (Fsp3) is 1.00. The molecule has 0 N–H and O–H groups in total. The van der Waals surface area contributed by atoms with Gasteiger partial charge in [0.15, 0.2) is 0 Å². The summed E-state index contributed by atoms with van der Waals surface area (Å²) in [6.45, 7) is 14.6. The Kier molecular flexibility index (Phi) is 2.23. The van der Waals surface area contributed by atoms with Crippen molar-refractivity contribution in [1.82, 2.24) is 4.90 Å². The second kappa shape index (κ2) is 2.98. The van der Waals surface area contributed by atoms with Gasteiger partial charge in [0.05, 0.1) is 0 Å². The van der Waals surface area contributed by atoms with E-state index in [0.717, 1.165) is 11.8 Å². The lowest BCUT2D eigenvalue weighted by Gasteiger charge is -2.33. The molecule has 1 aliphatic carbocycles. The lowest BCUT2D eigenvalue weighted by molar-refractivity contribution is 0.150. The summed E-state index contributed by atoms with van der Waals surface area (Å²) in [6, 6.07) is 0. The van der Waals surface area contributed by atoms with E-state index in [1.54, 1.807) is 0 Å². The molecule has 2 unspecified atom stereocenters. The maximum Gasteiger partial charge on any atom is 0.0125 e. The van der Waals surface area contributed by atoms with Gasteiger partial charge in [0.2, 0.25) is 0 Å². The van der Waals surface area contributed by atoms with Gasteiger partial charge in [0.25, 0.3) is 0 Å². The van der Waals surface area contributed by atoms with Crippen LogP contribution in [0, 0.1) is 17.3 Å². The molecule has 0 aromatic carbocycles. The third kappa shape index (κ3) is 1.84. The van der Waals surface area contributed by atoms with Gasteiger partial charge < -0.3 is 0 Å². The van der Waals surface area contributed by atoms with Crippen LogP contribution in [0.15, 0.2) is 0 Å². The Morgan fingerprint density at radius 1 is 1.00 bits per heavy atom. The molecule has 2 rings (SSSR count). The van der Waals surface area contributed by atoms with Gasteiger partial charge in [-0.15, -0.1) is 0 Å². The lowest BCUT2D eigenvalue weighted by Crippen LogP contribution is -2.40. The monoisotopic (exact) mass is 195 g/mol. The smallest absolute Gasteiger partial charge is 0.0125 e. The fourth-order valence-electron chi connectivity index (χ4n) is 3.45. The van der Waals surface area contributed by atoms with Crippen molar-refractivity contribution < 1.29 is 0 Å². The molecule has 14 heavy (non-hydrogen) atoms. The summed E-state index contributed by atoms with van der Waals surface area (Å²) in [4.78, 5) is 2.68. The molecule has 1 saturated heterocycles. The van der Waals surface area contributed by atoms with Crippen molar-refractivity contribution in [3.05, 3.63) is 0 Å². The highest BCUT2D eigenvalue weighted by Crippen LogP contribution is 2.49. The quantitative estimate of drug-likeness (QED) is 0.574. The van der Waals surface area contributed by atoms with E-state index in [-0.39, 0.29) is 0 Å².